The van der Waals surface area contributed by atoms with E-state index in [4.69, 9.17) is 28.6 Å². The number of carbonyl (C=O) groups is 1. The summed E-state index contributed by atoms with van der Waals surface area (Å²) >= 11 is 11.5. The number of fused-ring (bicyclic) bond motifs is 1. The van der Waals surface area contributed by atoms with Crippen LogP contribution in [0, 0.1) is 17.8 Å². The number of hydrogen-bond acceptors (Lipinski definition) is 5. The van der Waals surface area contributed by atoms with Crippen LogP contribution in [0.5, 0.6) is 0 Å². The van der Waals surface area contributed by atoms with Gasteiger partial charge in [-0.3, -0.25) is 4.79 Å². The summed E-state index contributed by atoms with van der Waals surface area (Å²) in [5.74, 6) is 0.399. The number of aliphatic hydroxyl groups is 1. The number of amides is 1. The number of ether oxygens (including phenoxy) is 1. The van der Waals surface area contributed by atoms with Gasteiger partial charge in [-0.15, -0.1) is 11.6 Å². The fourth-order valence-corrected chi connectivity index (χ4v) is 6.81. The molecule has 0 spiro atoms. The fraction of sp³-hybridized carbons (Fsp3) is 0.909. The molecule has 1 amide bonds. The highest BCUT2D eigenvalue weighted by molar-refractivity contribution is 7.78. The van der Waals surface area contributed by atoms with Crippen molar-refractivity contribution in [2.75, 3.05) is 0 Å². The molecule has 8 unspecified atom stereocenters. The van der Waals surface area contributed by atoms with E-state index in [1.165, 1.54) is 0 Å². The van der Waals surface area contributed by atoms with Gasteiger partial charge in [0.1, 0.15) is 0 Å². The summed E-state index contributed by atoms with van der Waals surface area (Å²) in [5, 5.41) is 16.8. The summed E-state index contributed by atoms with van der Waals surface area (Å²) in [6, 6.07) is -0.367. The SMILES string of the molecule is CC1(O)CCC2C(C1N=C=S)C(C1(C)CCC(Cl)C(C)(C)O1)CCC2(C)NC=O. The van der Waals surface area contributed by atoms with Gasteiger partial charge in [-0.25, -0.2) is 4.99 Å². The number of nitrogens with one attached hydrogen (secondary N) is 1. The van der Waals surface area contributed by atoms with Crippen LogP contribution in [0.25, 0.3) is 0 Å². The largest absolute Gasteiger partial charge is 0.388 e. The maximum atomic E-state index is 11.4. The Balaban J connectivity index is 2.05. The smallest absolute Gasteiger partial charge is 0.207 e. The zero-order chi connectivity index (χ0) is 21.7. The second-order valence-corrected chi connectivity index (χ2v) is 11.3. The standard InChI is InChI=1S/C22H35ClN2O3S/c1-19(2)16(23)8-11-22(5,28-19)15-6-9-20(3,25-12-26)14-7-10-21(4,27)18(17(14)15)24-13-29/h12,14-18,27H,6-11H2,1-5H3,(H,25,26). The summed E-state index contributed by atoms with van der Waals surface area (Å²) < 4.78 is 6.69. The maximum absolute atomic E-state index is 11.4. The zero-order valence-corrected chi connectivity index (χ0v) is 19.8. The van der Waals surface area contributed by atoms with Crippen molar-refractivity contribution >= 4 is 35.4 Å². The van der Waals surface area contributed by atoms with Gasteiger partial charge in [0.25, 0.3) is 0 Å². The highest BCUT2D eigenvalue weighted by atomic mass is 35.5. The lowest BCUT2D eigenvalue weighted by molar-refractivity contribution is -0.221. The quantitative estimate of drug-likeness (QED) is 0.297. The minimum Gasteiger partial charge on any atom is -0.388 e. The topological polar surface area (TPSA) is 70.9 Å². The predicted octanol–water partition coefficient (Wildman–Crippen LogP) is 4.10. The average Bonchev–Trinajstić information content (AvgIpc) is 2.61. The van der Waals surface area contributed by atoms with E-state index >= 15 is 0 Å². The Hall–Kier alpha value is -0.520. The second kappa shape index (κ2) is 7.87. The molecule has 1 heterocycles. The van der Waals surface area contributed by atoms with Crippen molar-refractivity contribution in [2.24, 2.45) is 22.7 Å². The van der Waals surface area contributed by atoms with Crippen LogP contribution in [-0.4, -0.2) is 50.4 Å². The number of halogens is 1. The molecule has 3 aliphatic rings. The average molecular weight is 443 g/mol. The van der Waals surface area contributed by atoms with Gasteiger partial charge in [0.05, 0.1) is 33.4 Å². The summed E-state index contributed by atoms with van der Waals surface area (Å²) in [5.41, 5.74) is -2.08. The Bertz CT molecular complexity index is 696. The van der Waals surface area contributed by atoms with E-state index in [9.17, 15) is 9.90 Å². The van der Waals surface area contributed by atoms with Gasteiger partial charge < -0.3 is 15.2 Å². The van der Waals surface area contributed by atoms with E-state index in [0.29, 0.717) is 6.42 Å². The molecule has 29 heavy (non-hydrogen) atoms. The van der Waals surface area contributed by atoms with Crippen LogP contribution >= 0.6 is 23.8 Å². The van der Waals surface area contributed by atoms with Crippen LogP contribution in [0.4, 0.5) is 0 Å². The summed E-state index contributed by atoms with van der Waals surface area (Å²) in [6.45, 7) is 10.3. The molecular weight excluding hydrogens is 408 g/mol. The Morgan fingerprint density at radius 3 is 2.38 bits per heavy atom. The molecule has 0 aromatic rings. The zero-order valence-electron chi connectivity index (χ0n) is 18.2. The van der Waals surface area contributed by atoms with Gasteiger partial charge in [0.2, 0.25) is 6.41 Å². The summed E-state index contributed by atoms with van der Waals surface area (Å²) in [4.78, 5) is 15.9. The van der Waals surface area contributed by atoms with Crippen molar-refractivity contribution in [3.05, 3.63) is 0 Å². The number of rotatable bonds is 4. The second-order valence-electron chi connectivity index (χ2n) is 10.6. The Kier molecular flexibility index (Phi) is 6.28. The molecule has 2 aliphatic carbocycles. The van der Waals surface area contributed by atoms with Crippen LogP contribution in [0.3, 0.4) is 0 Å². The summed E-state index contributed by atoms with van der Waals surface area (Å²) in [6.07, 6.45) is 5.77. The van der Waals surface area contributed by atoms with E-state index < -0.39 is 11.2 Å². The first-order chi connectivity index (χ1) is 13.4. The van der Waals surface area contributed by atoms with Gasteiger partial charge in [0.15, 0.2) is 0 Å². The highest BCUT2D eigenvalue weighted by Gasteiger charge is 2.61. The third-order valence-electron chi connectivity index (χ3n) is 8.20. The molecule has 7 heteroatoms. The molecule has 0 radical (unpaired) electrons. The minimum atomic E-state index is -0.958. The summed E-state index contributed by atoms with van der Waals surface area (Å²) in [7, 11) is 0. The van der Waals surface area contributed by atoms with E-state index in [1.807, 2.05) is 6.92 Å². The normalized spacial score (nSPS) is 49.4. The van der Waals surface area contributed by atoms with Crippen LogP contribution in [0.15, 0.2) is 4.99 Å². The third kappa shape index (κ3) is 4.04. The molecule has 164 valence electrons. The fourth-order valence-electron chi connectivity index (χ4n) is 6.55. The molecule has 3 fully saturated rings. The van der Waals surface area contributed by atoms with Crippen LogP contribution in [0.2, 0.25) is 0 Å². The van der Waals surface area contributed by atoms with Gasteiger partial charge in [-0.05, 0) is 103 Å². The lowest BCUT2D eigenvalue weighted by Gasteiger charge is -2.61. The Morgan fingerprint density at radius 1 is 1.14 bits per heavy atom. The van der Waals surface area contributed by atoms with Crippen molar-refractivity contribution in [1.29, 1.82) is 0 Å². The molecule has 8 atom stereocenters. The lowest BCUT2D eigenvalue weighted by atomic mass is 9.51. The van der Waals surface area contributed by atoms with E-state index in [1.54, 1.807) is 0 Å². The number of alkyl halides is 1. The van der Waals surface area contributed by atoms with Crippen molar-refractivity contribution in [1.82, 2.24) is 5.32 Å². The molecule has 0 aromatic carbocycles. The van der Waals surface area contributed by atoms with Crippen LogP contribution < -0.4 is 5.32 Å². The number of aliphatic imine (C=N–C) groups is 1. The lowest BCUT2D eigenvalue weighted by Crippen LogP contribution is -2.67. The minimum absolute atomic E-state index is 0.0267. The first-order valence-corrected chi connectivity index (χ1v) is 11.6. The first kappa shape index (κ1) is 23.1. The molecule has 0 aromatic heterocycles. The third-order valence-corrected chi connectivity index (χ3v) is 9.04. The molecule has 5 nitrogen and oxygen atoms in total. The Labute approximate surface area is 185 Å². The monoisotopic (exact) mass is 442 g/mol. The molecule has 3 rings (SSSR count). The molecule has 1 saturated heterocycles. The highest BCUT2D eigenvalue weighted by Crippen LogP contribution is 2.57. The van der Waals surface area contributed by atoms with Crippen LogP contribution in [-0.2, 0) is 9.53 Å². The molecule has 1 aliphatic heterocycles. The van der Waals surface area contributed by atoms with Crippen molar-refractivity contribution < 1.29 is 14.6 Å². The molecule has 2 saturated carbocycles. The molecule has 2 N–H and O–H groups in total. The number of isothiocyanates is 1. The van der Waals surface area contributed by atoms with Gasteiger partial charge in [-0.2, -0.15) is 0 Å². The molecular formula is C22H35ClN2O3S. The van der Waals surface area contributed by atoms with Crippen molar-refractivity contribution in [2.45, 2.75) is 107 Å². The maximum Gasteiger partial charge on any atom is 0.207 e. The van der Waals surface area contributed by atoms with Crippen LogP contribution in [0.1, 0.15) is 73.1 Å². The number of carbonyl (C=O) groups excluding carboxylic acids is 1. The van der Waals surface area contributed by atoms with E-state index in [2.05, 4.69) is 43.2 Å². The van der Waals surface area contributed by atoms with Gasteiger partial charge >= 0.3 is 0 Å². The van der Waals surface area contributed by atoms with E-state index in [-0.39, 0.29) is 40.3 Å². The van der Waals surface area contributed by atoms with Gasteiger partial charge in [0, 0.05) is 5.54 Å². The van der Waals surface area contributed by atoms with Crippen molar-refractivity contribution in [3.8, 4) is 0 Å². The number of nitrogens with zero attached hydrogens (tertiary/aromatic N) is 1. The number of thiocarbonyl (C=S) groups is 1. The van der Waals surface area contributed by atoms with E-state index in [0.717, 1.165) is 38.5 Å². The van der Waals surface area contributed by atoms with Gasteiger partial charge in [-0.1, -0.05) is 0 Å². The van der Waals surface area contributed by atoms with Crippen molar-refractivity contribution in [3.63, 3.8) is 0 Å². The number of hydrogen-bond donors (Lipinski definition) is 2. The Morgan fingerprint density at radius 2 is 1.79 bits per heavy atom. The first-order valence-electron chi connectivity index (χ1n) is 10.8. The predicted molar refractivity (Wildman–Crippen MR) is 118 cm³/mol. The molecule has 0 bridgehead atoms.